The van der Waals surface area contributed by atoms with Crippen molar-refractivity contribution in [2.24, 2.45) is 0 Å². The standard InChI is InChI=1S/C14H19BrN2O3/c1-13(2,3)20-12(18)17-8-14(4,5)19-10-6-9(15)7-16-11(10)17/h6-7H,8H2,1-5H3. The van der Waals surface area contributed by atoms with E-state index >= 15 is 0 Å². The zero-order chi connectivity index (χ0) is 15.1. The van der Waals surface area contributed by atoms with Gasteiger partial charge in [-0.05, 0) is 56.6 Å². The summed E-state index contributed by atoms with van der Waals surface area (Å²) in [6.45, 7) is 9.76. The number of carbonyl (C=O) groups excluding carboxylic acids is 1. The van der Waals surface area contributed by atoms with Crippen LogP contribution in [0.5, 0.6) is 5.75 Å². The molecule has 0 N–H and O–H groups in total. The average Bonchev–Trinajstić information content (AvgIpc) is 2.23. The maximum absolute atomic E-state index is 12.3. The van der Waals surface area contributed by atoms with Crippen LogP contribution in [0.3, 0.4) is 0 Å². The van der Waals surface area contributed by atoms with Gasteiger partial charge >= 0.3 is 6.09 Å². The number of halogens is 1. The van der Waals surface area contributed by atoms with Gasteiger partial charge in [0.25, 0.3) is 0 Å². The number of aromatic nitrogens is 1. The van der Waals surface area contributed by atoms with E-state index in [0.717, 1.165) is 4.47 Å². The fourth-order valence-electron chi connectivity index (χ4n) is 1.94. The van der Waals surface area contributed by atoms with Crippen molar-refractivity contribution in [3.05, 3.63) is 16.7 Å². The van der Waals surface area contributed by atoms with Gasteiger partial charge in [-0.15, -0.1) is 0 Å². The third kappa shape index (κ3) is 3.42. The lowest BCUT2D eigenvalue weighted by atomic mass is 10.1. The van der Waals surface area contributed by atoms with E-state index in [2.05, 4.69) is 20.9 Å². The molecule has 1 aliphatic rings. The summed E-state index contributed by atoms with van der Waals surface area (Å²) >= 11 is 3.36. The van der Waals surface area contributed by atoms with Crippen molar-refractivity contribution < 1.29 is 14.3 Å². The first-order valence-corrected chi connectivity index (χ1v) is 7.22. The van der Waals surface area contributed by atoms with E-state index < -0.39 is 17.3 Å². The predicted molar refractivity (Wildman–Crippen MR) is 80.2 cm³/mol. The smallest absolute Gasteiger partial charge is 0.416 e. The maximum Gasteiger partial charge on any atom is 0.416 e. The Morgan fingerprint density at radius 3 is 2.75 bits per heavy atom. The molecule has 1 aromatic heterocycles. The van der Waals surface area contributed by atoms with Crippen molar-refractivity contribution in [3.8, 4) is 5.75 Å². The highest BCUT2D eigenvalue weighted by atomic mass is 79.9. The number of hydrogen-bond acceptors (Lipinski definition) is 4. The topological polar surface area (TPSA) is 51.7 Å². The van der Waals surface area contributed by atoms with E-state index in [-0.39, 0.29) is 0 Å². The molecule has 0 saturated carbocycles. The largest absolute Gasteiger partial charge is 0.482 e. The minimum Gasteiger partial charge on any atom is -0.482 e. The minimum atomic E-state index is -0.547. The molecular weight excluding hydrogens is 324 g/mol. The molecule has 5 nitrogen and oxygen atoms in total. The summed E-state index contributed by atoms with van der Waals surface area (Å²) in [6.07, 6.45) is 1.22. The van der Waals surface area contributed by atoms with Gasteiger partial charge in [-0.25, -0.2) is 9.78 Å². The van der Waals surface area contributed by atoms with Gasteiger partial charge in [0, 0.05) is 10.7 Å². The van der Waals surface area contributed by atoms with Crippen LogP contribution in [-0.4, -0.2) is 28.8 Å². The number of amides is 1. The Kier molecular flexibility index (Phi) is 3.71. The summed E-state index contributed by atoms with van der Waals surface area (Å²) in [4.78, 5) is 18.1. The summed E-state index contributed by atoms with van der Waals surface area (Å²) in [6, 6.07) is 1.81. The number of pyridine rings is 1. The molecule has 0 bridgehead atoms. The first kappa shape index (κ1) is 15.1. The molecule has 1 aliphatic heterocycles. The van der Waals surface area contributed by atoms with Gasteiger partial charge in [0.05, 0.1) is 6.54 Å². The van der Waals surface area contributed by atoms with Crippen molar-refractivity contribution in [1.82, 2.24) is 4.98 Å². The molecule has 2 rings (SSSR count). The molecule has 1 aromatic rings. The highest BCUT2D eigenvalue weighted by Gasteiger charge is 2.38. The van der Waals surface area contributed by atoms with Crippen molar-refractivity contribution >= 4 is 27.8 Å². The number of rotatable bonds is 0. The molecule has 110 valence electrons. The maximum atomic E-state index is 12.3. The molecule has 0 aromatic carbocycles. The zero-order valence-corrected chi connectivity index (χ0v) is 13.9. The van der Waals surface area contributed by atoms with E-state index in [4.69, 9.17) is 9.47 Å². The second kappa shape index (κ2) is 4.91. The van der Waals surface area contributed by atoms with E-state index in [0.29, 0.717) is 18.1 Å². The van der Waals surface area contributed by atoms with Crippen LogP contribution in [0.2, 0.25) is 0 Å². The zero-order valence-electron chi connectivity index (χ0n) is 12.4. The van der Waals surface area contributed by atoms with Gasteiger partial charge in [-0.2, -0.15) is 0 Å². The Bertz CT molecular complexity index is 538. The quantitative estimate of drug-likeness (QED) is 0.720. The van der Waals surface area contributed by atoms with Crippen LogP contribution in [-0.2, 0) is 4.74 Å². The van der Waals surface area contributed by atoms with Crippen molar-refractivity contribution in [3.63, 3.8) is 0 Å². The van der Waals surface area contributed by atoms with Crippen LogP contribution >= 0.6 is 15.9 Å². The van der Waals surface area contributed by atoms with E-state index in [9.17, 15) is 4.79 Å². The Hall–Kier alpha value is -1.30. The summed E-state index contributed by atoms with van der Waals surface area (Å²) in [5.74, 6) is 1.06. The minimum absolute atomic E-state index is 0.392. The Labute approximate surface area is 127 Å². The molecule has 0 radical (unpaired) electrons. The number of nitrogens with zero attached hydrogens (tertiary/aromatic N) is 2. The summed E-state index contributed by atoms with van der Waals surface area (Å²) in [5.41, 5.74) is -1.04. The van der Waals surface area contributed by atoms with Crippen LogP contribution in [0.4, 0.5) is 10.6 Å². The number of hydrogen-bond donors (Lipinski definition) is 0. The molecule has 0 spiro atoms. The lowest BCUT2D eigenvalue weighted by Gasteiger charge is -2.39. The third-order valence-electron chi connectivity index (χ3n) is 2.59. The van der Waals surface area contributed by atoms with Crippen LogP contribution in [0.25, 0.3) is 0 Å². The first-order valence-electron chi connectivity index (χ1n) is 6.42. The number of carbonyl (C=O) groups is 1. The van der Waals surface area contributed by atoms with E-state index in [1.165, 1.54) is 4.90 Å². The molecule has 6 heteroatoms. The Morgan fingerprint density at radius 2 is 2.15 bits per heavy atom. The van der Waals surface area contributed by atoms with Crippen molar-refractivity contribution in [2.45, 2.75) is 45.8 Å². The van der Waals surface area contributed by atoms with Gasteiger partial charge < -0.3 is 9.47 Å². The monoisotopic (exact) mass is 342 g/mol. The summed E-state index contributed by atoms with van der Waals surface area (Å²) < 4.78 is 12.1. The van der Waals surface area contributed by atoms with E-state index in [1.54, 1.807) is 12.3 Å². The SMILES string of the molecule is CC(C)(C)OC(=O)N1CC(C)(C)Oc2cc(Br)cnc21. The van der Waals surface area contributed by atoms with Crippen LogP contribution < -0.4 is 9.64 Å². The lowest BCUT2D eigenvalue weighted by Crippen LogP contribution is -2.51. The highest BCUT2D eigenvalue weighted by molar-refractivity contribution is 9.10. The molecule has 0 atom stereocenters. The van der Waals surface area contributed by atoms with Crippen molar-refractivity contribution in [2.75, 3.05) is 11.4 Å². The third-order valence-corrected chi connectivity index (χ3v) is 3.03. The molecule has 20 heavy (non-hydrogen) atoms. The first-order chi connectivity index (χ1) is 9.07. The molecular formula is C14H19BrN2O3. The molecule has 1 amide bonds. The fourth-order valence-corrected chi connectivity index (χ4v) is 2.26. The molecule has 2 heterocycles. The van der Waals surface area contributed by atoms with Gasteiger partial charge in [-0.1, -0.05) is 0 Å². The van der Waals surface area contributed by atoms with Crippen LogP contribution in [0.15, 0.2) is 16.7 Å². The Balaban J connectivity index is 2.37. The summed E-state index contributed by atoms with van der Waals surface area (Å²) in [7, 11) is 0. The van der Waals surface area contributed by atoms with Crippen LogP contribution in [0.1, 0.15) is 34.6 Å². The van der Waals surface area contributed by atoms with Gasteiger partial charge in [0.15, 0.2) is 11.6 Å². The number of fused-ring (bicyclic) bond motifs is 1. The molecule has 0 aliphatic carbocycles. The molecule has 0 saturated heterocycles. The second-order valence-electron chi connectivity index (χ2n) is 6.40. The van der Waals surface area contributed by atoms with Gasteiger partial charge in [0.2, 0.25) is 0 Å². The molecule has 0 unspecified atom stereocenters. The number of anilines is 1. The van der Waals surface area contributed by atoms with E-state index in [1.807, 2.05) is 34.6 Å². The Morgan fingerprint density at radius 1 is 1.50 bits per heavy atom. The fraction of sp³-hybridized carbons (Fsp3) is 0.571. The second-order valence-corrected chi connectivity index (χ2v) is 7.32. The van der Waals surface area contributed by atoms with Crippen LogP contribution in [0, 0.1) is 0 Å². The normalized spacial score (nSPS) is 17.2. The molecule has 0 fully saturated rings. The highest BCUT2D eigenvalue weighted by Crippen LogP contribution is 2.37. The predicted octanol–water partition coefficient (Wildman–Crippen LogP) is 3.76. The number of ether oxygens (including phenoxy) is 2. The van der Waals surface area contributed by atoms with Gasteiger partial charge in [-0.3, -0.25) is 4.90 Å². The van der Waals surface area contributed by atoms with Gasteiger partial charge in [0.1, 0.15) is 11.2 Å². The average molecular weight is 343 g/mol. The summed E-state index contributed by atoms with van der Waals surface area (Å²) in [5, 5.41) is 0. The van der Waals surface area contributed by atoms with Crippen molar-refractivity contribution in [1.29, 1.82) is 0 Å². The lowest BCUT2D eigenvalue weighted by molar-refractivity contribution is 0.0479.